The molecule has 11 heteroatoms. The number of hydrogen-bond acceptors (Lipinski definition) is 4. The molecule has 1 saturated carbocycles. The van der Waals surface area contributed by atoms with Crippen LogP contribution in [0.25, 0.3) is 0 Å². The van der Waals surface area contributed by atoms with E-state index in [2.05, 4.69) is 5.32 Å². The first-order chi connectivity index (χ1) is 11.6. The zero-order valence-corrected chi connectivity index (χ0v) is 13.4. The Morgan fingerprint density at radius 2 is 1.88 bits per heavy atom. The summed E-state index contributed by atoms with van der Waals surface area (Å²) >= 11 is 0. The molecule has 0 radical (unpaired) electrons. The normalized spacial score (nSPS) is 24.8. The Hall–Kier alpha value is -2.04. The fourth-order valence-corrected chi connectivity index (χ4v) is 3.23. The molecule has 142 valence electrons. The van der Waals surface area contributed by atoms with Crippen LogP contribution < -0.4 is 5.32 Å². The minimum absolute atomic E-state index is 0.0222. The highest BCUT2D eigenvalue weighted by Crippen LogP contribution is 2.42. The van der Waals surface area contributed by atoms with Crippen LogP contribution in [0.4, 0.5) is 18.0 Å². The molecule has 3 rings (SSSR count). The van der Waals surface area contributed by atoms with Crippen molar-refractivity contribution in [3.05, 3.63) is 0 Å². The largest absolute Gasteiger partial charge is 0.490 e. The van der Waals surface area contributed by atoms with Crippen LogP contribution in [0.2, 0.25) is 0 Å². The summed E-state index contributed by atoms with van der Waals surface area (Å²) in [6.45, 7) is 3.44. The van der Waals surface area contributed by atoms with Crippen molar-refractivity contribution in [1.82, 2.24) is 15.1 Å². The molecule has 0 spiro atoms. The second kappa shape index (κ2) is 7.06. The Morgan fingerprint density at radius 1 is 1.28 bits per heavy atom. The third-order valence-corrected chi connectivity index (χ3v) is 4.80. The van der Waals surface area contributed by atoms with E-state index in [1.807, 2.05) is 4.90 Å². The number of hydrogen-bond donors (Lipinski definition) is 3. The van der Waals surface area contributed by atoms with Crippen molar-refractivity contribution in [2.75, 3.05) is 32.7 Å². The number of nitrogens with one attached hydrogen (secondary N) is 1. The molecule has 0 aromatic rings. The molecule has 2 heterocycles. The smallest absolute Gasteiger partial charge is 0.481 e. The second-order valence-electron chi connectivity index (χ2n) is 6.46. The van der Waals surface area contributed by atoms with Crippen molar-refractivity contribution in [3.63, 3.8) is 0 Å². The van der Waals surface area contributed by atoms with Gasteiger partial charge < -0.3 is 25.3 Å². The highest BCUT2D eigenvalue weighted by atomic mass is 19.4. The lowest BCUT2D eigenvalue weighted by atomic mass is 9.68. The molecule has 3 fully saturated rings. The molecule has 0 unspecified atom stereocenters. The highest BCUT2D eigenvalue weighted by molar-refractivity contribution is 5.80. The van der Waals surface area contributed by atoms with Crippen LogP contribution in [-0.4, -0.2) is 82.9 Å². The van der Waals surface area contributed by atoms with Gasteiger partial charge in [0.2, 0.25) is 0 Å². The van der Waals surface area contributed by atoms with Crippen LogP contribution in [0.1, 0.15) is 19.3 Å². The van der Waals surface area contributed by atoms with E-state index in [0.29, 0.717) is 25.9 Å². The zero-order chi connectivity index (χ0) is 18.8. The Bertz CT molecular complexity index is 550. The monoisotopic (exact) mass is 367 g/mol. The van der Waals surface area contributed by atoms with Gasteiger partial charge in [-0.3, -0.25) is 4.79 Å². The van der Waals surface area contributed by atoms with E-state index in [0.717, 1.165) is 26.1 Å². The maximum Gasteiger partial charge on any atom is 0.490 e. The molecule has 2 amide bonds. The lowest BCUT2D eigenvalue weighted by Crippen LogP contribution is -2.50. The maximum atomic E-state index is 12.2. The van der Waals surface area contributed by atoms with Gasteiger partial charge >= 0.3 is 24.1 Å². The topological polar surface area (TPSA) is 110 Å². The number of aliphatic carboxylic acids is 2. The summed E-state index contributed by atoms with van der Waals surface area (Å²) in [5.74, 6) is -3.50. The van der Waals surface area contributed by atoms with Crippen LogP contribution >= 0.6 is 0 Å². The van der Waals surface area contributed by atoms with Crippen LogP contribution in [0.5, 0.6) is 0 Å². The van der Waals surface area contributed by atoms with Crippen molar-refractivity contribution in [2.24, 2.45) is 5.41 Å². The number of rotatable bonds is 3. The second-order valence-corrected chi connectivity index (χ2v) is 6.46. The van der Waals surface area contributed by atoms with Crippen molar-refractivity contribution in [3.8, 4) is 0 Å². The number of carboxylic acid groups (broad SMARTS) is 2. The molecular formula is C14H20F3N3O5. The van der Waals surface area contributed by atoms with Crippen molar-refractivity contribution in [1.29, 1.82) is 0 Å². The first-order valence-electron chi connectivity index (χ1n) is 7.86. The van der Waals surface area contributed by atoms with Crippen molar-refractivity contribution >= 4 is 18.0 Å². The predicted octanol–water partition coefficient (Wildman–Crippen LogP) is 0.584. The van der Waals surface area contributed by atoms with Gasteiger partial charge in [-0.15, -0.1) is 0 Å². The average Bonchev–Trinajstić information content (AvgIpc) is 2.79. The Morgan fingerprint density at radius 3 is 2.28 bits per heavy atom. The van der Waals surface area contributed by atoms with E-state index < -0.39 is 23.5 Å². The number of alkyl halides is 3. The molecule has 3 aliphatic rings. The third kappa shape index (κ3) is 4.14. The van der Waals surface area contributed by atoms with Gasteiger partial charge in [0.1, 0.15) is 0 Å². The number of nitrogens with zero attached hydrogens (tertiary/aromatic N) is 2. The quantitative estimate of drug-likeness (QED) is 0.673. The molecule has 2 aliphatic heterocycles. The van der Waals surface area contributed by atoms with Gasteiger partial charge in [-0.25, -0.2) is 9.59 Å². The molecule has 0 aromatic carbocycles. The lowest BCUT2D eigenvalue weighted by molar-refractivity contribution is -0.192. The van der Waals surface area contributed by atoms with Gasteiger partial charge in [-0.1, -0.05) is 6.42 Å². The van der Waals surface area contributed by atoms with Gasteiger partial charge in [0.15, 0.2) is 0 Å². The third-order valence-electron chi connectivity index (χ3n) is 4.80. The summed E-state index contributed by atoms with van der Waals surface area (Å²) in [6, 6.07) is 0.242. The number of carbonyl (C=O) groups excluding carboxylic acids is 1. The Balaban J connectivity index is 0.000000277. The summed E-state index contributed by atoms with van der Waals surface area (Å²) in [7, 11) is 0. The fourth-order valence-electron chi connectivity index (χ4n) is 3.23. The van der Waals surface area contributed by atoms with E-state index in [1.54, 1.807) is 4.90 Å². The van der Waals surface area contributed by atoms with Gasteiger partial charge in [-0.2, -0.15) is 13.2 Å². The summed E-state index contributed by atoms with van der Waals surface area (Å²) in [4.78, 5) is 36.1. The molecule has 1 aliphatic carbocycles. The molecule has 8 nitrogen and oxygen atoms in total. The molecule has 25 heavy (non-hydrogen) atoms. The average molecular weight is 367 g/mol. The summed E-state index contributed by atoms with van der Waals surface area (Å²) in [5.41, 5.74) is -0.669. The van der Waals surface area contributed by atoms with E-state index in [9.17, 15) is 27.9 Å². The zero-order valence-electron chi connectivity index (χ0n) is 13.4. The van der Waals surface area contributed by atoms with Gasteiger partial charge in [-0.05, 0) is 12.8 Å². The SMILES string of the molecule is O=C(O)C(F)(F)F.O=C1N(CC2(C(=O)O)CCC2)C[C@@H]2CNCCN12. The summed E-state index contributed by atoms with van der Waals surface area (Å²) < 4.78 is 31.7. The molecular weight excluding hydrogens is 347 g/mol. The summed E-state index contributed by atoms with van der Waals surface area (Å²) in [5, 5.41) is 19.7. The molecule has 3 N–H and O–H groups in total. The van der Waals surface area contributed by atoms with Gasteiger partial charge in [0.25, 0.3) is 0 Å². The molecule has 0 aromatic heterocycles. The fraction of sp³-hybridized carbons (Fsp3) is 0.786. The predicted molar refractivity (Wildman–Crippen MR) is 77.9 cm³/mol. The van der Waals surface area contributed by atoms with Crippen LogP contribution in [-0.2, 0) is 9.59 Å². The van der Waals surface area contributed by atoms with Crippen molar-refractivity contribution < 1.29 is 37.8 Å². The Kier molecular flexibility index (Phi) is 5.45. The first kappa shape index (κ1) is 19.3. The van der Waals surface area contributed by atoms with Crippen LogP contribution in [0.3, 0.4) is 0 Å². The number of piperazine rings is 1. The number of amides is 2. The number of urea groups is 1. The molecule has 0 bridgehead atoms. The number of carbonyl (C=O) groups is 3. The van der Waals surface area contributed by atoms with Crippen molar-refractivity contribution in [2.45, 2.75) is 31.5 Å². The van der Waals surface area contributed by atoms with E-state index in [-0.39, 0.29) is 12.1 Å². The molecule has 2 saturated heterocycles. The lowest BCUT2D eigenvalue weighted by Gasteiger charge is -2.40. The number of carboxylic acids is 2. The van der Waals surface area contributed by atoms with E-state index in [1.165, 1.54) is 0 Å². The van der Waals surface area contributed by atoms with Crippen LogP contribution in [0.15, 0.2) is 0 Å². The highest BCUT2D eigenvalue weighted by Gasteiger charge is 2.49. The maximum absolute atomic E-state index is 12.2. The molecule has 1 atom stereocenters. The number of fused-ring (bicyclic) bond motifs is 1. The van der Waals surface area contributed by atoms with Gasteiger partial charge in [0.05, 0.1) is 11.5 Å². The summed E-state index contributed by atoms with van der Waals surface area (Å²) in [6.07, 6.45) is -2.72. The van der Waals surface area contributed by atoms with E-state index >= 15 is 0 Å². The van der Waals surface area contributed by atoms with Gasteiger partial charge in [0, 0.05) is 32.7 Å². The first-order valence-corrected chi connectivity index (χ1v) is 7.86. The minimum Gasteiger partial charge on any atom is -0.481 e. The standard InChI is InChI=1S/C12H19N3O3.C2HF3O2/c16-10(17)12(2-1-3-12)8-14-7-9-6-13-4-5-15(9)11(14)18;3-2(4,5)1(6)7/h9,13H,1-8H2,(H,16,17);(H,6,7)/t9-;/m0./s1. The number of halogens is 3. The van der Waals surface area contributed by atoms with E-state index in [4.69, 9.17) is 9.90 Å². The Labute approximate surface area is 141 Å². The minimum atomic E-state index is -5.08. The van der Waals surface area contributed by atoms with Crippen LogP contribution in [0, 0.1) is 5.41 Å².